The fourth-order valence-corrected chi connectivity index (χ4v) is 6.20. The van der Waals surface area contributed by atoms with Crippen molar-refractivity contribution in [3.63, 3.8) is 0 Å². The van der Waals surface area contributed by atoms with Gasteiger partial charge < -0.3 is 14.4 Å². The average molecular weight is 505 g/mol. The van der Waals surface area contributed by atoms with Crippen LogP contribution in [0, 0.1) is 5.92 Å². The van der Waals surface area contributed by atoms with Crippen molar-refractivity contribution < 1.29 is 23.9 Å². The number of hydrogen-bond acceptors (Lipinski definition) is 6. The molecule has 196 valence electrons. The second-order valence-corrected chi connectivity index (χ2v) is 10.2. The lowest BCUT2D eigenvalue weighted by Crippen LogP contribution is -2.61. The summed E-state index contributed by atoms with van der Waals surface area (Å²) in [6.07, 6.45) is 3.62. The third-order valence-electron chi connectivity index (χ3n) is 7.86. The maximum Gasteiger partial charge on any atom is 0.308 e. The summed E-state index contributed by atoms with van der Waals surface area (Å²) in [5.74, 6) is -0.259. The van der Waals surface area contributed by atoms with Crippen LogP contribution in [-0.4, -0.2) is 66.5 Å². The molecule has 0 aromatic heterocycles. The summed E-state index contributed by atoms with van der Waals surface area (Å²) in [6.45, 7) is 9.07. The molecule has 1 aliphatic carbocycles. The van der Waals surface area contributed by atoms with Crippen LogP contribution in [0.4, 0.5) is 0 Å². The van der Waals surface area contributed by atoms with Crippen LogP contribution in [0.5, 0.6) is 5.75 Å². The van der Waals surface area contributed by atoms with E-state index in [9.17, 15) is 14.4 Å². The van der Waals surface area contributed by atoms with E-state index in [2.05, 4.69) is 17.5 Å². The van der Waals surface area contributed by atoms with Crippen LogP contribution >= 0.6 is 0 Å². The van der Waals surface area contributed by atoms with Crippen LogP contribution in [0.15, 0.2) is 67.3 Å². The molecule has 1 heterocycles. The first-order valence-electron chi connectivity index (χ1n) is 12.8. The van der Waals surface area contributed by atoms with Crippen molar-refractivity contribution in [2.75, 3.05) is 26.7 Å². The van der Waals surface area contributed by atoms with Crippen LogP contribution in [0.3, 0.4) is 0 Å². The first-order valence-corrected chi connectivity index (χ1v) is 12.8. The highest BCUT2D eigenvalue weighted by atomic mass is 16.5. The van der Waals surface area contributed by atoms with E-state index in [0.717, 1.165) is 38.0 Å². The summed E-state index contributed by atoms with van der Waals surface area (Å²) >= 11 is 0. The Morgan fingerprint density at radius 1 is 1.11 bits per heavy atom. The van der Waals surface area contributed by atoms with Crippen molar-refractivity contribution in [2.45, 2.75) is 50.7 Å². The van der Waals surface area contributed by atoms with Crippen LogP contribution in [0.1, 0.15) is 49.0 Å². The number of esters is 2. The third-order valence-corrected chi connectivity index (χ3v) is 7.86. The van der Waals surface area contributed by atoms with Gasteiger partial charge in [0.15, 0.2) is 0 Å². The molecule has 4 atom stereocenters. The minimum Gasteiger partial charge on any atom is -0.462 e. The SMILES string of the molecule is C=CCN1CC[C@@]2(c3cccc(OC(C)=O)c3)C[C@@H](N(C)C(=O)c3ccccc3)CC(OC(C)=O)[C@@H]2C1. The Hall–Kier alpha value is -3.45. The van der Waals surface area contributed by atoms with Gasteiger partial charge in [0.2, 0.25) is 0 Å². The number of carbonyl (C=O) groups excluding carboxylic acids is 3. The van der Waals surface area contributed by atoms with Gasteiger partial charge in [-0.3, -0.25) is 19.3 Å². The Labute approximate surface area is 219 Å². The Bertz CT molecular complexity index is 1150. The quantitative estimate of drug-likeness (QED) is 0.319. The lowest BCUT2D eigenvalue weighted by atomic mass is 9.56. The Morgan fingerprint density at radius 3 is 2.54 bits per heavy atom. The van der Waals surface area contributed by atoms with Gasteiger partial charge in [0.05, 0.1) is 0 Å². The topological polar surface area (TPSA) is 76.2 Å². The fourth-order valence-electron chi connectivity index (χ4n) is 6.20. The minimum atomic E-state index is -0.375. The monoisotopic (exact) mass is 504 g/mol. The van der Waals surface area contributed by atoms with Crippen molar-refractivity contribution in [1.82, 2.24) is 9.80 Å². The van der Waals surface area contributed by atoms with Crippen LogP contribution in [-0.2, 0) is 19.7 Å². The summed E-state index contributed by atoms with van der Waals surface area (Å²) in [6, 6.07) is 16.8. The Balaban J connectivity index is 1.76. The molecule has 1 saturated heterocycles. The number of nitrogens with zero attached hydrogens (tertiary/aromatic N) is 2. The average Bonchev–Trinajstić information content (AvgIpc) is 2.88. The number of ether oxygens (including phenoxy) is 2. The zero-order valence-corrected chi connectivity index (χ0v) is 21.9. The van der Waals surface area contributed by atoms with Gasteiger partial charge >= 0.3 is 11.9 Å². The molecule has 1 aliphatic heterocycles. The van der Waals surface area contributed by atoms with E-state index >= 15 is 0 Å². The van der Waals surface area contributed by atoms with E-state index in [1.54, 1.807) is 11.0 Å². The Kier molecular flexibility index (Phi) is 8.13. The summed E-state index contributed by atoms with van der Waals surface area (Å²) < 4.78 is 11.4. The van der Waals surface area contributed by atoms with Crippen molar-refractivity contribution in [2.24, 2.45) is 5.92 Å². The highest BCUT2D eigenvalue weighted by molar-refractivity contribution is 5.94. The number of piperidine rings is 1. The van der Waals surface area contributed by atoms with Crippen LogP contribution in [0.2, 0.25) is 0 Å². The van der Waals surface area contributed by atoms with Gasteiger partial charge in [0, 0.05) is 63.3 Å². The molecule has 2 aliphatic rings. The number of likely N-dealkylation sites (tertiary alicyclic amines) is 1. The zero-order valence-electron chi connectivity index (χ0n) is 21.9. The second kappa shape index (κ2) is 11.3. The second-order valence-electron chi connectivity index (χ2n) is 10.2. The predicted octanol–water partition coefficient (Wildman–Crippen LogP) is 4.22. The fraction of sp³-hybridized carbons (Fsp3) is 0.433. The number of amides is 1. The molecule has 7 heteroatoms. The van der Waals surface area contributed by atoms with Gasteiger partial charge in [-0.25, -0.2) is 0 Å². The normalized spacial score (nSPS) is 25.4. The molecular formula is C30H36N2O5. The summed E-state index contributed by atoms with van der Waals surface area (Å²) in [5.41, 5.74) is 1.29. The number of fused-ring (bicyclic) bond motifs is 1. The lowest BCUT2D eigenvalue weighted by molar-refractivity contribution is -0.158. The van der Waals surface area contributed by atoms with Crippen molar-refractivity contribution in [3.8, 4) is 5.75 Å². The molecule has 0 N–H and O–H groups in total. The molecule has 1 amide bonds. The third kappa shape index (κ3) is 5.77. The highest BCUT2D eigenvalue weighted by Crippen LogP contribution is 2.51. The molecule has 4 rings (SSSR count). The molecule has 1 saturated carbocycles. The molecule has 2 fully saturated rings. The van der Waals surface area contributed by atoms with Crippen molar-refractivity contribution in [3.05, 3.63) is 78.4 Å². The largest absolute Gasteiger partial charge is 0.462 e. The maximum absolute atomic E-state index is 13.4. The smallest absolute Gasteiger partial charge is 0.308 e. The van der Waals surface area contributed by atoms with Crippen molar-refractivity contribution >= 4 is 17.8 Å². The summed E-state index contributed by atoms with van der Waals surface area (Å²) in [5, 5.41) is 0. The van der Waals surface area contributed by atoms with Gasteiger partial charge in [-0.15, -0.1) is 6.58 Å². The maximum atomic E-state index is 13.4. The van der Waals surface area contributed by atoms with E-state index in [4.69, 9.17) is 9.47 Å². The van der Waals surface area contributed by atoms with E-state index in [-0.39, 0.29) is 41.3 Å². The van der Waals surface area contributed by atoms with Gasteiger partial charge in [0.25, 0.3) is 5.91 Å². The van der Waals surface area contributed by atoms with E-state index in [1.165, 1.54) is 13.8 Å². The number of benzene rings is 2. The Morgan fingerprint density at radius 2 is 1.86 bits per heavy atom. The van der Waals surface area contributed by atoms with Crippen LogP contribution < -0.4 is 4.74 Å². The molecule has 1 unspecified atom stereocenters. The summed E-state index contributed by atoms with van der Waals surface area (Å²) in [7, 11) is 1.83. The van der Waals surface area contributed by atoms with Gasteiger partial charge in [-0.2, -0.15) is 0 Å². The van der Waals surface area contributed by atoms with E-state index in [1.807, 2.05) is 55.6 Å². The molecule has 2 aromatic carbocycles. The lowest BCUT2D eigenvalue weighted by Gasteiger charge is -2.56. The first kappa shape index (κ1) is 26.6. The van der Waals surface area contributed by atoms with Crippen LogP contribution in [0.25, 0.3) is 0 Å². The summed E-state index contributed by atoms with van der Waals surface area (Å²) in [4.78, 5) is 41.5. The van der Waals surface area contributed by atoms with E-state index in [0.29, 0.717) is 17.7 Å². The molecular weight excluding hydrogens is 468 g/mol. The standard InChI is InChI=1S/C30H36N2O5/c1-5-15-32-16-14-30(24-12-9-13-26(17-24)36-21(2)33)19-25(18-28(27(30)20-32)37-22(3)34)31(4)29(35)23-10-7-6-8-11-23/h5-13,17,25,27-28H,1,14-16,18-20H2,2-4H3/t25-,27-,28?,30-/m0/s1. The van der Waals surface area contributed by atoms with Gasteiger partial charge in [-0.05, 0) is 49.2 Å². The molecule has 0 radical (unpaired) electrons. The molecule has 7 nitrogen and oxygen atoms in total. The molecule has 0 bridgehead atoms. The molecule has 0 spiro atoms. The molecule has 37 heavy (non-hydrogen) atoms. The minimum absolute atomic E-state index is 0.00848. The van der Waals surface area contributed by atoms with E-state index < -0.39 is 0 Å². The number of carbonyl (C=O) groups is 3. The highest BCUT2D eigenvalue weighted by Gasteiger charge is 2.54. The van der Waals surface area contributed by atoms with Gasteiger partial charge in [0.1, 0.15) is 11.9 Å². The number of rotatable bonds is 7. The van der Waals surface area contributed by atoms with Gasteiger partial charge in [-0.1, -0.05) is 36.4 Å². The predicted molar refractivity (Wildman–Crippen MR) is 141 cm³/mol. The number of hydrogen-bond donors (Lipinski definition) is 0. The first-order chi connectivity index (χ1) is 17.7. The molecule has 2 aromatic rings. The van der Waals surface area contributed by atoms with Crippen molar-refractivity contribution in [1.29, 1.82) is 0 Å². The zero-order chi connectivity index (χ0) is 26.6.